The lowest BCUT2D eigenvalue weighted by atomic mass is 10.1. The average molecular weight is 431 g/mol. The standard InChI is InChI=1S/C21H19ClN2O6/c22-17-10-15(30-9-3-8-25)6-7-16(17)21(29)24-12-19(26)23(13-20(27)28)11-14-4-1-2-5-18(14)24/h1-2,4-8,10H,3,9,11-13H2,(H,27,28). The molecule has 0 fully saturated rings. The van der Waals surface area contributed by atoms with Crippen molar-refractivity contribution in [1.82, 2.24) is 4.90 Å². The summed E-state index contributed by atoms with van der Waals surface area (Å²) in [7, 11) is 0. The lowest BCUT2D eigenvalue weighted by Crippen LogP contribution is -2.42. The Bertz CT molecular complexity index is 993. The monoisotopic (exact) mass is 430 g/mol. The number of rotatable bonds is 7. The summed E-state index contributed by atoms with van der Waals surface area (Å²) in [5.74, 6) is -1.68. The molecule has 30 heavy (non-hydrogen) atoms. The fourth-order valence-electron chi connectivity index (χ4n) is 3.14. The van der Waals surface area contributed by atoms with Crippen LogP contribution in [0.2, 0.25) is 5.02 Å². The van der Waals surface area contributed by atoms with Gasteiger partial charge in [0.2, 0.25) is 5.91 Å². The highest BCUT2D eigenvalue weighted by Gasteiger charge is 2.31. The molecule has 0 atom stereocenters. The number of hydrogen-bond donors (Lipinski definition) is 1. The third-order valence-electron chi connectivity index (χ3n) is 4.54. The van der Waals surface area contributed by atoms with Crippen molar-refractivity contribution >= 4 is 41.4 Å². The third-order valence-corrected chi connectivity index (χ3v) is 4.85. The maximum Gasteiger partial charge on any atom is 0.323 e. The average Bonchev–Trinajstić information content (AvgIpc) is 2.84. The van der Waals surface area contributed by atoms with Crippen LogP contribution >= 0.6 is 11.6 Å². The predicted octanol–water partition coefficient (Wildman–Crippen LogP) is 2.38. The Morgan fingerprint density at radius 2 is 1.93 bits per heavy atom. The van der Waals surface area contributed by atoms with Crippen LogP contribution in [-0.4, -0.2) is 53.8 Å². The first kappa shape index (κ1) is 21.3. The van der Waals surface area contributed by atoms with E-state index in [2.05, 4.69) is 0 Å². The molecule has 156 valence electrons. The summed E-state index contributed by atoms with van der Waals surface area (Å²) >= 11 is 6.29. The summed E-state index contributed by atoms with van der Waals surface area (Å²) in [5.41, 5.74) is 1.35. The van der Waals surface area contributed by atoms with Crippen LogP contribution in [0.1, 0.15) is 22.3 Å². The number of benzene rings is 2. The number of para-hydroxylation sites is 1. The molecule has 0 unspecified atom stereocenters. The highest BCUT2D eigenvalue weighted by molar-refractivity contribution is 6.34. The fraction of sp³-hybridized carbons (Fsp3) is 0.238. The van der Waals surface area contributed by atoms with Crippen molar-refractivity contribution in [3.05, 3.63) is 58.6 Å². The van der Waals surface area contributed by atoms with E-state index in [9.17, 15) is 19.2 Å². The highest BCUT2D eigenvalue weighted by atomic mass is 35.5. The van der Waals surface area contributed by atoms with E-state index in [0.717, 1.165) is 6.29 Å². The number of anilines is 1. The van der Waals surface area contributed by atoms with Crippen molar-refractivity contribution < 1.29 is 29.0 Å². The first-order chi connectivity index (χ1) is 14.4. The van der Waals surface area contributed by atoms with Gasteiger partial charge in [0, 0.05) is 18.7 Å². The quantitative estimate of drug-likeness (QED) is 0.534. The molecule has 9 heteroatoms. The smallest absolute Gasteiger partial charge is 0.323 e. The Balaban J connectivity index is 1.90. The molecule has 2 amide bonds. The largest absolute Gasteiger partial charge is 0.493 e. The maximum atomic E-state index is 13.2. The van der Waals surface area contributed by atoms with Crippen LogP contribution in [-0.2, 0) is 20.9 Å². The SMILES string of the molecule is O=CCCOc1ccc(C(=O)N2CC(=O)N(CC(=O)O)Cc3ccccc32)c(Cl)c1. The second-order valence-electron chi connectivity index (χ2n) is 6.61. The van der Waals surface area contributed by atoms with Gasteiger partial charge in [0.25, 0.3) is 5.91 Å². The van der Waals surface area contributed by atoms with Crippen LogP contribution in [0.25, 0.3) is 0 Å². The van der Waals surface area contributed by atoms with Gasteiger partial charge in [-0.2, -0.15) is 0 Å². The van der Waals surface area contributed by atoms with Crippen molar-refractivity contribution in [2.75, 3.05) is 24.6 Å². The number of carbonyl (C=O) groups excluding carboxylic acids is 3. The van der Waals surface area contributed by atoms with Gasteiger partial charge in [-0.05, 0) is 29.8 Å². The Labute approximate surface area is 177 Å². The molecule has 1 aliphatic heterocycles. The lowest BCUT2D eigenvalue weighted by Gasteiger charge is -2.22. The number of ether oxygens (including phenoxy) is 1. The van der Waals surface area contributed by atoms with E-state index in [4.69, 9.17) is 21.4 Å². The number of carboxylic acid groups (broad SMARTS) is 1. The molecule has 0 saturated carbocycles. The number of halogens is 1. The molecular formula is C21H19ClN2O6. The van der Waals surface area contributed by atoms with Crippen LogP contribution in [0.3, 0.4) is 0 Å². The Morgan fingerprint density at radius 1 is 1.17 bits per heavy atom. The molecule has 1 N–H and O–H groups in total. The number of nitrogens with zero attached hydrogens (tertiary/aromatic N) is 2. The second-order valence-corrected chi connectivity index (χ2v) is 7.02. The maximum absolute atomic E-state index is 13.2. The van der Waals surface area contributed by atoms with Crippen molar-refractivity contribution in [3.8, 4) is 5.75 Å². The molecule has 2 aromatic carbocycles. The molecule has 0 aliphatic carbocycles. The van der Waals surface area contributed by atoms with Gasteiger partial charge in [0.05, 0.1) is 17.2 Å². The number of carbonyl (C=O) groups is 4. The molecule has 1 heterocycles. The summed E-state index contributed by atoms with van der Waals surface area (Å²) < 4.78 is 5.39. The van der Waals surface area contributed by atoms with Gasteiger partial charge in [0.15, 0.2) is 0 Å². The minimum atomic E-state index is -1.13. The van der Waals surface area contributed by atoms with Crippen LogP contribution in [0.15, 0.2) is 42.5 Å². The van der Waals surface area contributed by atoms with Gasteiger partial charge < -0.3 is 19.5 Å². The number of aliphatic carboxylic acids is 1. The highest BCUT2D eigenvalue weighted by Crippen LogP contribution is 2.30. The van der Waals surface area contributed by atoms with Gasteiger partial charge in [0.1, 0.15) is 25.1 Å². The van der Waals surface area contributed by atoms with Crippen LogP contribution in [0.4, 0.5) is 5.69 Å². The number of carboxylic acids is 1. The van der Waals surface area contributed by atoms with Crippen LogP contribution in [0, 0.1) is 0 Å². The fourth-order valence-corrected chi connectivity index (χ4v) is 3.39. The molecule has 3 rings (SSSR count). The number of amides is 2. The van der Waals surface area contributed by atoms with E-state index in [0.29, 0.717) is 17.0 Å². The zero-order chi connectivity index (χ0) is 21.7. The van der Waals surface area contributed by atoms with E-state index in [1.54, 1.807) is 30.3 Å². The number of aldehydes is 1. The predicted molar refractivity (Wildman–Crippen MR) is 109 cm³/mol. The van der Waals surface area contributed by atoms with Crippen molar-refractivity contribution in [1.29, 1.82) is 0 Å². The van der Waals surface area contributed by atoms with Crippen molar-refractivity contribution in [2.24, 2.45) is 0 Å². The summed E-state index contributed by atoms with van der Waals surface area (Å²) in [6.45, 7) is -0.483. The number of hydrogen-bond acceptors (Lipinski definition) is 5. The minimum absolute atomic E-state index is 0.0856. The summed E-state index contributed by atoms with van der Waals surface area (Å²) in [6.07, 6.45) is 0.971. The molecule has 0 aromatic heterocycles. The minimum Gasteiger partial charge on any atom is -0.493 e. The zero-order valence-corrected chi connectivity index (χ0v) is 16.7. The third kappa shape index (κ3) is 4.77. The molecule has 0 saturated heterocycles. The molecule has 2 aromatic rings. The zero-order valence-electron chi connectivity index (χ0n) is 15.9. The molecule has 8 nitrogen and oxygen atoms in total. The molecule has 0 spiro atoms. The number of fused-ring (bicyclic) bond motifs is 1. The van der Waals surface area contributed by atoms with Gasteiger partial charge in [-0.15, -0.1) is 0 Å². The normalized spacial score (nSPS) is 13.4. The summed E-state index contributed by atoms with van der Waals surface area (Å²) in [5, 5.41) is 9.23. The van der Waals surface area contributed by atoms with Crippen molar-refractivity contribution in [3.63, 3.8) is 0 Å². The molecular weight excluding hydrogens is 412 g/mol. The van der Waals surface area contributed by atoms with Crippen LogP contribution in [0.5, 0.6) is 5.75 Å². The van der Waals surface area contributed by atoms with Crippen molar-refractivity contribution in [2.45, 2.75) is 13.0 Å². The van der Waals surface area contributed by atoms with E-state index >= 15 is 0 Å². The van der Waals surface area contributed by atoms with E-state index < -0.39 is 24.3 Å². The topological polar surface area (TPSA) is 104 Å². The first-order valence-electron chi connectivity index (χ1n) is 9.16. The molecule has 1 aliphatic rings. The van der Waals surface area contributed by atoms with Gasteiger partial charge in [-0.1, -0.05) is 29.8 Å². The van der Waals surface area contributed by atoms with E-state index in [1.807, 2.05) is 0 Å². The lowest BCUT2D eigenvalue weighted by molar-refractivity contribution is -0.144. The van der Waals surface area contributed by atoms with Crippen LogP contribution < -0.4 is 9.64 Å². The molecule has 0 radical (unpaired) electrons. The first-order valence-corrected chi connectivity index (χ1v) is 9.54. The van der Waals surface area contributed by atoms with E-state index in [-0.39, 0.29) is 36.7 Å². The summed E-state index contributed by atoms with van der Waals surface area (Å²) in [4.78, 5) is 49.9. The van der Waals surface area contributed by atoms with Gasteiger partial charge >= 0.3 is 5.97 Å². The second kappa shape index (κ2) is 9.41. The van der Waals surface area contributed by atoms with E-state index in [1.165, 1.54) is 21.9 Å². The Hall–Kier alpha value is -3.39. The summed E-state index contributed by atoms with van der Waals surface area (Å²) in [6, 6.07) is 11.5. The van der Waals surface area contributed by atoms with Gasteiger partial charge in [-0.25, -0.2) is 0 Å². The van der Waals surface area contributed by atoms with Gasteiger partial charge in [-0.3, -0.25) is 19.3 Å². The Morgan fingerprint density at radius 3 is 2.63 bits per heavy atom. The molecule has 0 bridgehead atoms. The Kier molecular flexibility index (Phi) is 6.68.